The minimum absolute atomic E-state index is 0.145. The molecule has 2 aromatic carbocycles. The molecule has 2 aromatic rings. The minimum Gasteiger partial charge on any atom is -0.508 e. The van der Waals surface area contributed by atoms with Gasteiger partial charge in [0.2, 0.25) is 5.91 Å². The van der Waals surface area contributed by atoms with E-state index in [9.17, 15) is 9.90 Å². The number of hydrogen-bond donors (Lipinski definition) is 2. The van der Waals surface area contributed by atoms with Crippen LogP contribution in [0.4, 0.5) is 5.69 Å². The van der Waals surface area contributed by atoms with Gasteiger partial charge in [-0.1, -0.05) is 69.4 Å². The molecule has 3 nitrogen and oxygen atoms in total. The van der Waals surface area contributed by atoms with E-state index in [1.807, 2.05) is 18.2 Å². The number of rotatable bonds is 10. The number of unbranched alkanes of at least 4 members (excludes halogenated alkanes) is 5. The monoisotopic (exact) mass is 351 g/mol. The molecule has 1 amide bonds. The number of phenolic OH excluding ortho intramolecular Hbond substituents is 1. The molecule has 0 spiro atoms. The third-order valence-electron chi connectivity index (χ3n) is 4.40. The van der Waals surface area contributed by atoms with Gasteiger partial charge in [-0.2, -0.15) is 0 Å². The summed E-state index contributed by atoms with van der Waals surface area (Å²) in [6.07, 6.45) is 11.8. The number of anilines is 1. The van der Waals surface area contributed by atoms with E-state index in [-0.39, 0.29) is 11.7 Å². The van der Waals surface area contributed by atoms with Crippen molar-refractivity contribution in [1.82, 2.24) is 0 Å². The normalized spacial score (nSPS) is 11.0. The lowest BCUT2D eigenvalue weighted by Crippen LogP contribution is -2.09. The van der Waals surface area contributed by atoms with Crippen molar-refractivity contribution in [3.05, 3.63) is 65.7 Å². The molecule has 138 valence electrons. The lowest BCUT2D eigenvalue weighted by Gasteiger charge is -2.10. The van der Waals surface area contributed by atoms with Crippen LogP contribution >= 0.6 is 0 Å². The number of para-hydroxylation sites is 1. The largest absolute Gasteiger partial charge is 0.508 e. The number of phenols is 1. The number of nitrogens with one attached hydrogen (secondary N) is 1. The van der Waals surface area contributed by atoms with Gasteiger partial charge in [0.15, 0.2) is 0 Å². The summed E-state index contributed by atoms with van der Waals surface area (Å²) in [6, 6.07) is 14.8. The van der Waals surface area contributed by atoms with E-state index in [4.69, 9.17) is 0 Å². The molecule has 26 heavy (non-hydrogen) atoms. The van der Waals surface area contributed by atoms with Gasteiger partial charge in [-0.25, -0.2) is 0 Å². The molecule has 0 saturated carbocycles. The van der Waals surface area contributed by atoms with Crippen LogP contribution in [-0.2, 0) is 11.2 Å². The summed E-state index contributed by atoms with van der Waals surface area (Å²) in [5.41, 5.74) is 2.95. The van der Waals surface area contributed by atoms with E-state index in [0.29, 0.717) is 0 Å². The van der Waals surface area contributed by atoms with Crippen LogP contribution in [-0.4, -0.2) is 11.0 Å². The zero-order valence-corrected chi connectivity index (χ0v) is 15.6. The van der Waals surface area contributed by atoms with E-state index >= 15 is 0 Å². The van der Waals surface area contributed by atoms with E-state index < -0.39 is 0 Å². The lowest BCUT2D eigenvalue weighted by atomic mass is 10.0. The van der Waals surface area contributed by atoms with Gasteiger partial charge < -0.3 is 10.4 Å². The van der Waals surface area contributed by atoms with Crippen molar-refractivity contribution >= 4 is 17.7 Å². The lowest BCUT2D eigenvalue weighted by molar-refractivity contribution is -0.111. The molecule has 0 aliphatic rings. The summed E-state index contributed by atoms with van der Waals surface area (Å²) in [7, 11) is 0. The average Bonchev–Trinajstić information content (AvgIpc) is 2.65. The molecule has 0 fully saturated rings. The fourth-order valence-electron chi connectivity index (χ4n) is 2.89. The number of carbonyl (C=O) groups excluding carboxylic acids is 1. The summed E-state index contributed by atoms with van der Waals surface area (Å²) in [4.78, 5) is 12.2. The fourth-order valence-corrected chi connectivity index (χ4v) is 2.89. The summed E-state index contributed by atoms with van der Waals surface area (Å²) in [6.45, 7) is 2.23. The van der Waals surface area contributed by atoms with Crippen molar-refractivity contribution in [3.8, 4) is 5.75 Å². The fraction of sp³-hybridized carbons (Fsp3) is 0.348. The predicted molar refractivity (Wildman–Crippen MR) is 109 cm³/mol. The van der Waals surface area contributed by atoms with Crippen molar-refractivity contribution in [2.24, 2.45) is 0 Å². The van der Waals surface area contributed by atoms with Gasteiger partial charge in [-0.3, -0.25) is 4.79 Å². The van der Waals surface area contributed by atoms with Gasteiger partial charge in [0, 0.05) is 11.8 Å². The molecule has 3 heteroatoms. The Bertz CT molecular complexity index is 704. The molecule has 0 saturated heterocycles. The minimum atomic E-state index is -0.145. The van der Waals surface area contributed by atoms with Gasteiger partial charge in [0.1, 0.15) is 5.75 Å². The Kier molecular flexibility index (Phi) is 8.47. The van der Waals surface area contributed by atoms with Crippen LogP contribution in [0.5, 0.6) is 5.75 Å². The third-order valence-corrected chi connectivity index (χ3v) is 4.40. The smallest absolute Gasteiger partial charge is 0.248 e. The predicted octanol–water partition coefficient (Wildman–Crippen LogP) is 5.95. The molecule has 0 aromatic heterocycles. The molecule has 0 radical (unpaired) electrons. The van der Waals surface area contributed by atoms with Crippen molar-refractivity contribution in [2.45, 2.75) is 51.9 Å². The van der Waals surface area contributed by atoms with Gasteiger partial charge in [-0.15, -0.1) is 0 Å². The zero-order chi connectivity index (χ0) is 18.6. The first-order valence-electron chi connectivity index (χ1n) is 9.55. The molecular weight excluding hydrogens is 322 g/mol. The third kappa shape index (κ3) is 7.14. The van der Waals surface area contributed by atoms with Crippen molar-refractivity contribution < 1.29 is 9.90 Å². The number of aryl methyl sites for hydroxylation is 1. The van der Waals surface area contributed by atoms with Crippen LogP contribution in [0.3, 0.4) is 0 Å². The van der Waals surface area contributed by atoms with E-state index in [1.165, 1.54) is 43.7 Å². The van der Waals surface area contributed by atoms with Crippen LogP contribution in [0.2, 0.25) is 0 Å². The standard InChI is InChI=1S/C23H29NO2/c1-2-3-4-5-6-7-10-20-11-8-9-12-22(20)24-23(26)18-15-19-13-16-21(25)17-14-19/h8-9,11-18,25H,2-7,10H2,1H3,(H,24,26). The van der Waals surface area contributed by atoms with Gasteiger partial charge in [0.05, 0.1) is 0 Å². The van der Waals surface area contributed by atoms with Crippen molar-refractivity contribution in [2.75, 3.05) is 5.32 Å². The van der Waals surface area contributed by atoms with Gasteiger partial charge in [-0.05, 0) is 48.2 Å². The summed E-state index contributed by atoms with van der Waals surface area (Å²) in [5.74, 6) is 0.0729. The summed E-state index contributed by atoms with van der Waals surface area (Å²) < 4.78 is 0. The van der Waals surface area contributed by atoms with Gasteiger partial charge >= 0.3 is 0 Å². The Balaban J connectivity index is 1.86. The maximum absolute atomic E-state index is 12.2. The highest BCUT2D eigenvalue weighted by Crippen LogP contribution is 2.19. The highest BCUT2D eigenvalue weighted by atomic mass is 16.3. The number of amides is 1. The van der Waals surface area contributed by atoms with Crippen LogP contribution in [0, 0.1) is 0 Å². The Hall–Kier alpha value is -2.55. The molecule has 0 unspecified atom stereocenters. The Morgan fingerprint density at radius 1 is 0.962 bits per heavy atom. The van der Waals surface area contributed by atoms with E-state index in [0.717, 1.165) is 24.1 Å². The number of benzene rings is 2. The first kappa shape index (κ1) is 19.8. The summed E-state index contributed by atoms with van der Waals surface area (Å²) in [5, 5.41) is 12.3. The highest BCUT2D eigenvalue weighted by molar-refractivity contribution is 6.02. The zero-order valence-electron chi connectivity index (χ0n) is 15.6. The van der Waals surface area contributed by atoms with Gasteiger partial charge in [0.25, 0.3) is 0 Å². The molecule has 0 aliphatic carbocycles. The average molecular weight is 351 g/mol. The van der Waals surface area contributed by atoms with Crippen molar-refractivity contribution in [1.29, 1.82) is 0 Å². The van der Waals surface area contributed by atoms with E-state index in [1.54, 1.807) is 30.3 Å². The molecule has 0 atom stereocenters. The number of carbonyl (C=O) groups is 1. The Morgan fingerprint density at radius 3 is 2.42 bits per heavy atom. The summed E-state index contributed by atoms with van der Waals surface area (Å²) >= 11 is 0. The Labute approximate surface area is 156 Å². The highest BCUT2D eigenvalue weighted by Gasteiger charge is 2.04. The topological polar surface area (TPSA) is 49.3 Å². The van der Waals surface area contributed by atoms with Crippen LogP contribution in [0.1, 0.15) is 56.6 Å². The van der Waals surface area contributed by atoms with E-state index in [2.05, 4.69) is 18.3 Å². The SMILES string of the molecule is CCCCCCCCc1ccccc1NC(=O)C=Cc1ccc(O)cc1. The first-order chi connectivity index (χ1) is 12.7. The molecule has 0 aliphatic heterocycles. The molecular formula is C23H29NO2. The Morgan fingerprint density at radius 2 is 1.65 bits per heavy atom. The second kappa shape index (κ2) is 11.1. The molecule has 0 bridgehead atoms. The molecule has 0 heterocycles. The number of aromatic hydroxyl groups is 1. The maximum atomic E-state index is 12.2. The van der Waals surface area contributed by atoms with Crippen LogP contribution in [0.25, 0.3) is 6.08 Å². The molecule has 2 rings (SSSR count). The number of hydrogen-bond acceptors (Lipinski definition) is 2. The second-order valence-corrected chi connectivity index (χ2v) is 6.59. The van der Waals surface area contributed by atoms with Crippen molar-refractivity contribution in [3.63, 3.8) is 0 Å². The second-order valence-electron chi connectivity index (χ2n) is 6.59. The first-order valence-corrected chi connectivity index (χ1v) is 9.55. The van der Waals surface area contributed by atoms with Crippen LogP contribution < -0.4 is 5.32 Å². The molecule has 2 N–H and O–H groups in total. The van der Waals surface area contributed by atoms with Crippen LogP contribution in [0.15, 0.2) is 54.6 Å². The maximum Gasteiger partial charge on any atom is 0.248 e. The quantitative estimate of drug-likeness (QED) is 0.410.